The molecule has 2 rings (SSSR count). The van der Waals surface area contributed by atoms with Crippen LogP contribution in [0, 0.1) is 0 Å². The number of rotatable bonds is 6. The van der Waals surface area contributed by atoms with E-state index in [9.17, 15) is 8.42 Å². The standard InChI is InChI=1S/C15H17BrN2O2S/c1-2-17-11-12-5-3-7-14(9-12)18-21(19,20)15-8-4-6-13(16)10-15/h3-10,17-18H,2,11H2,1H3. The van der Waals surface area contributed by atoms with E-state index < -0.39 is 10.0 Å². The van der Waals surface area contributed by atoms with Crippen LogP contribution in [0.3, 0.4) is 0 Å². The first-order valence-corrected chi connectivity index (χ1v) is 8.87. The van der Waals surface area contributed by atoms with Gasteiger partial charge in [-0.1, -0.05) is 41.1 Å². The summed E-state index contributed by atoms with van der Waals surface area (Å²) in [6, 6.07) is 14.0. The van der Waals surface area contributed by atoms with E-state index in [2.05, 4.69) is 26.0 Å². The summed E-state index contributed by atoms with van der Waals surface area (Å²) in [4.78, 5) is 0.231. The second-order valence-electron chi connectivity index (χ2n) is 4.54. The van der Waals surface area contributed by atoms with Crippen molar-refractivity contribution in [1.82, 2.24) is 5.32 Å². The number of sulfonamides is 1. The van der Waals surface area contributed by atoms with Crippen LogP contribution in [0.15, 0.2) is 57.9 Å². The molecule has 6 heteroatoms. The average molecular weight is 369 g/mol. The quantitative estimate of drug-likeness (QED) is 0.821. The highest BCUT2D eigenvalue weighted by Gasteiger charge is 2.14. The molecule has 2 aromatic rings. The lowest BCUT2D eigenvalue weighted by atomic mass is 10.2. The highest BCUT2D eigenvalue weighted by atomic mass is 79.9. The Morgan fingerprint density at radius 3 is 2.57 bits per heavy atom. The summed E-state index contributed by atoms with van der Waals surface area (Å²) in [5.41, 5.74) is 1.59. The van der Waals surface area contributed by atoms with E-state index in [0.29, 0.717) is 12.2 Å². The van der Waals surface area contributed by atoms with Gasteiger partial charge in [-0.15, -0.1) is 0 Å². The predicted molar refractivity (Wildman–Crippen MR) is 88.8 cm³/mol. The molecule has 0 spiro atoms. The molecule has 112 valence electrons. The Bertz CT molecular complexity index is 717. The van der Waals surface area contributed by atoms with Gasteiger partial charge in [-0.2, -0.15) is 0 Å². The molecular formula is C15H17BrN2O2S. The van der Waals surface area contributed by atoms with Gasteiger partial charge in [-0.05, 0) is 42.4 Å². The third-order valence-electron chi connectivity index (χ3n) is 2.86. The normalized spacial score (nSPS) is 11.3. The van der Waals surface area contributed by atoms with Crippen LogP contribution in [-0.2, 0) is 16.6 Å². The number of benzene rings is 2. The summed E-state index contributed by atoms with van der Waals surface area (Å²) in [5.74, 6) is 0. The number of nitrogens with one attached hydrogen (secondary N) is 2. The first kappa shape index (κ1) is 16.0. The minimum Gasteiger partial charge on any atom is -0.313 e. The Morgan fingerprint density at radius 1 is 1.10 bits per heavy atom. The molecule has 0 aliphatic carbocycles. The van der Waals surface area contributed by atoms with Crippen LogP contribution in [0.25, 0.3) is 0 Å². The molecule has 0 aliphatic rings. The molecule has 0 radical (unpaired) electrons. The summed E-state index contributed by atoms with van der Waals surface area (Å²) >= 11 is 3.28. The zero-order valence-corrected chi connectivity index (χ0v) is 14.0. The van der Waals surface area contributed by atoms with Gasteiger partial charge in [-0.25, -0.2) is 8.42 Å². The Hall–Kier alpha value is -1.37. The van der Waals surface area contributed by atoms with E-state index in [1.54, 1.807) is 30.3 Å². The molecule has 0 aromatic heterocycles. The van der Waals surface area contributed by atoms with Crippen molar-refractivity contribution in [3.8, 4) is 0 Å². The molecule has 0 saturated heterocycles. The molecule has 2 N–H and O–H groups in total. The fourth-order valence-corrected chi connectivity index (χ4v) is 3.51. The molecule has 0 aliphatic heterocycles. The number of hydrogen-bond acceptors (Lipinski definition) is 3. The third-order valence-corrected chi connectivity index (χ3v) is 4.74. The fraction of sp³-hybridized carbons (Fsp3) is 0.200. The van der Waals surface area contributed by atoms with E-state index in [1.165, 1.54) is 0 Å². The van der Waals surface area contributed by atoms with Gasteiger partial charge < -0.3 is 5.32 Å². The smallest absolute Gasteiger partial charge is 0.261 e. The van der Waals surface area contributed by atoms with Crippen LogP contribution < -0.4 is 10.0 Å². The fourth-order valence-electron chi connectivity index (χ4n) is 1.86. The van der Waals surface area contributed by atoms with Gasteiger partial charge in [0.25, 0.3) is 10.0 Å². The van der Waals surface area contributed by atoms with Crippen LogP contribution in [0.4, 0.5) is 5.69 Å². The molecule has 0 amide bonds. The summed E-state index contributed by atoms with van der Waals surface area (Å²) in [7, 11) is -3.57. The second-order valence-corrected chi connectivity index (χ2v) is 7.14. The minimum atomic E-state index is -3.57. The van der Waals surface area contributed by atoms with Crippen molar-refractivity contribution >= 4 is 31.6 Å². The number of halogens is 1. The lowest BCUT2D eigenvalue weighted by Crippen LogP contribution is -2.14. The van der Waals surface area contributed by atoms with Gasteiger partial charge in [0, 0.05) is 16.7 Å². The predicted octanol–water partition coefficient (Wildman–Crippen LogP) is 3.36. The van der Waals surface area contributed by atoms with Crippen molar-refractivity contribution < 1.29 is 8.42 Å². The van der Waals surface area contributed by atoms with Crippen molar-refractivity contribution in [2.24, 2.45) is 0 Å². The molecule has 4 nitrogen and oxygen atoms in total. The van der Waals surface area contributed by atoms with Gasteiger partial charge in [0.2, 0.25) is 0 Å². The van der Waals surface area contributed by atoms with E-state index in [-0.39, 0.29) is 4.90 Å². The maximum atomic E-state index is 12.3. The number of anilines is 1. The minimum absolute atomic E-state index is 0.231. The molecule has 2 aromatic carbocycles. The van der Waals surface area contributed by atoms with Crippen molar-refractivity contribution in [3.63, 3.8) is 0 Å². The summed E-state index contributed by atoms with van der Waals surface area (Å²) < 4.78 is 28.0. The van der Waals surface area contributed by atoms with Crippen LogP contribution in [0.1, 0.15) is 12.5 Å². The average Bonchev–Trinajstić information content (AvgIpc) is 2.45. The molecule has 0 bridgehead atoms. The summed E-state index contributed by atoms with van der Waals surface area (Å²) in [5, 5.41) is 3.21. The van der Waals surface area contributed by atoms with Crippen LogP contribution >= 0.6 is 15.9 Å². The SMILES string of the molecule is CCNCc1cccc(NS(=O)(=O)c2cccc(Br)c2)c1. The van der Waals surface area contributed by atoms with Crippen molar-refractivity contribution in [1.29, 1.82) is 0 Å². The van der Waals surface area contributed by atoms with Gasteiger partial charge in [-0.3, -0.25) is 4.72 Å². The maximum Gasteiger partial charge on any atom is 0.261 e. The summed E-state index contributed by atoms with van der Waals surface area (Å²) in [6.45, 7) is 3.61. The molecular weight excluding hydrogens is 352 g/mol. The first-order valence-electron chi connectivity index (χ1n) is 6.59. The monoisotopic (exact) mass is 368 g/mol. The van der Waals surface area contributed by atoms with Crippen LogP contribution in [0.5, 0.6) is 0 Å². The van der Waals surface area contributed by atoms with Crippen LogP contribution in [-0.4, -0.2) is 15.0 Å². The Labute approximate surface area is 133 Å². The molecule has 0 unspecified atom stereocenters. The zero-order chi connectivity index (χ0) is 15.3. The lowest BCUT2D eigenvalue weighted by Gasteiger charge is -2.10. The molecule has 0 saturated carbocycles. The second kappa shape index (κ2) is 7.06. The Morgan fingerprint density at radius 2 is 1.86 bits per heavy atom. The molecule has 0 atom stereocenters. The topological polar surface area (TPSA) is 58.2 Å². The third kappa shape index (κ3) is 4.56. The highest BCUT2D eigenvalue weighted by Crippen LogP contribution is 2.20. The van der Waals surface area contributed by atoms with Crippen molar-refractivity contribution in [2.75, 3.05) is 11.3 Å². The Kier molecular flexibility index (Phi) is 5.39. The van der Waals surface area contributed by atoms with E-state index in [0.717, 1.165) is 16.6 Å². The van der Waals surface area contributed by atoms with Crippen molar-refractivity contribution in [2.45, 2.75) is 18.4 Å². The number of hydrogen-bond donors (Lipinski definition) is 2. The van der Waals surface area contributed by atoms with Crippen molar-refractivity contribution in [3.05, 3.63) is 58.6 Å². The maximum absolute atomic E-state index is 12.3. The highest BCUT2D eigenvalue weighted by molar-refractivity contribution is 9.10. The van der Waals surface area contributed by atoms with Crippen LogP contribution in [0.2, 0.25) is 0 Å². The largest absolute Gasteiger partial charge is 0.313 e. The van der Waals surface area contributed by atoms with Gasteiger partial charge in [0.05, 0.1) is 4.90 Å². The Balaban J connectivity index is 2.20. The van der Waals surface area contributed by atoms with E-state index in [4.69, 9.17) is 0 Å². The molecule has 0 fully saturated rings. The van der Waals surface area contributed by atoms with Gasteiger partial charge in [0.15, 0.2) is 0 Å². The zero-order valence-electron chi connectivity index (χ0n) is 11.6. The first-order chi connectivity index (χ1) is 10.0. The molecule has 0 heterocycles. The molecule has 21 heavy (non-hydrogen) atoms. The van der Waals surface area contributed by atoms with Gasteiger partial charge in [0.1, 0.15) is 0 Å². The lowest BCUT2D eigenvalue weighted by molar-refractivity contribution is 0.601. The summed E-state index contributed by atoms with van der Waals surface area (Å²) in [6.07, 6.45) is 0. The van der Waals surface area contributed by atoms with E-state index in [1.807, 2.05) is 25.1 Å². The van der Waals surface area contributed by atoms with E-state index >= 15 is 0 Å². The van der Waals surface area contributed by atoms with Gasteiger partial charge >= 0.3 is 0 Å².